The molecular formula is C18H11Cl3N4. The molecule has 2 aromatic carbocycles. The Bertz CT molecular complexity index is 979. The first-order valence-corrected chi connectivity index (χ1v) is 8.37. The quantitative estimate of drug-likeness (QED) is 0.672. The highest BCUT2D eigenvalue weighted by Gasteiger charge is 2.17. The van der Waals surface area contributed by atoms with E-state index >= 15 is 0 Å². The Morgan fingerprint density at radius 3 is 2.28 bits per heavy atom. The summed E-state index contributed by atoms with van der Waals surface area (Å²) in [4.78, 5) is 8.75. The summed E-state index contributed by atoms with van der Waals surface area (Å²) in [7, 11) is 0. The number of rotatable bonds is 3. The first-order valence-electron chi connectivity index (χ1n) is 7.24. The van der Waals surface area contributed by atoms with Crippen LogP contribution >= 0.6 is 34.8 Å². The molecule has 0 fully saturated rings. The van der Waals surface area contributed by atoms with Gasteiger partial charge >= 0.3 is 0 Å². The fraction of sp³-hybridized carbons (Fsp3) is 0.0556. The van der Waals surface area contributed by atoms with Gasteiger partial charge in [0.1, 0.15) is 23.3 Å². The van der Waals surface area contributed by atoms with Crippen LogP contribution in [0.25, 0.3) is 11.3 Å². The minimum atomic E-state index is 0.113. The minimum absolute atomic E-state index is 0.113. The first-order chi connectivity index (χ1) is 12.0. The molecule has 0 saturated carbocycles. The zero-order chi connectivity index (χ0) is 18.0. The van der Waals surface area contributed by atoms with E-state index in [2.05, 4.69) is 9.97 Å². The van der Waals surface area contributed by atoms with E-state index in [9.17, 15) is 5.26 Å². The predicted octanol–water partition coefficient (Wildman–Crippen LogP) is 5.15. The van der Waals surface area contributed by atoms with Gasteiger partial charge in [0.15, 0.2) is 0 Å². The third kappa shape index (κ3) is 3.85. The fourth-order valence-electron chi connectivity index (χ4n) is 2.38. The maximum Gasteiger partial charge on any atom is 0.145 e. The molecule has 0 radical (unpaired) electrons. The molecule has 1 heterocycles. The molecule has 3 rings (SSSR count). The molecule has 0 aliphatic carbocycles. The Morgan fingerprint density at radius 2 is 1.64 bits per heavy atom. The molecule has 0 aliphatic heterocycles. The zero-order valence-corrected chi connectivity index (χ0v) is 15.1. The van der Waals surface area contributed by atoms with Crippen molar-refractivity contribution < 1.29 is 0 Å². The summed E-state index contributed by atoms with van der Waals surface area (Å²) in [5.74, 6) is 0.599. The Kier molecular flexibility index (Phi) is 5.10. The van der Waals surface area contributed by atoms with Gasteiger partial charge in [-0.05, 0) is 35.9 Å². The molecule has 0 aliphatic rings. The molecule has 0 bridgehead atoms. The van der Waals surface area contributed by atoms with Crippen molar-refractivity contribution in [3.63, 3.8) is 0 Å². The molecule has 7 heteroatoms. The van der Waals surface area contributed by atoms with E-state index in [1.54, 1.807) is 30.3 Å². The summed E-state index contributed by atoms with van der Waals surface area (Å²) in [6.45, 7) is 0. The van der Waals surface area contributed by atoms with Gasteiger partial charge in [-0.25, -0.2) is 9.97 Å². The number of anilines is 1. The number of aromatic nitrogens is 2. The lowest BCUT2D eigenvalue weighted by Gasteiger charge is -2.10. The number of hydrogen-bond donors (Lipinski definition) is 1. The van der Waals surface area contributed by atoms with E-state index in [0.717, 1.165) is 5.56 Å². The van der Waals surface area contributed by atoms with Crippen LogP contribution in [0.4, 0.5) is 5.82 Å². The van der Waals surface area contributed by atoms with E-state index in [1.807, 2.05) is 18.2 Å². The second kappa shape index (κ2) is 7.28. The third-order valence-electron chi connectivity index (χ3n) is 3.56. The molecule has 1 aromatic heterocycles. The lowest BCUT2D eigenvalue weighted by molar-refractivity contribution is 0.974. The molecule has 2 N–H and O–H groups in total. The fourth-order valence-corrected chi connectivity index (χ4v) is 3.00. The number of nitrogens with zero attached hydrogens (tertiary/aromatic N) is 3. The van der Waals surface area contributed by atoms with Crippen LogP contribution in [-0.2, 0) is 6.42 Å². The molecule has 124 valence electrons. The van der Waals surface area contributed by atoms with Gasteiger partial charge in [-0.3, -0.25) is 0 Å². The van der Waals surface area contributed by atoms with Crippen LogP contribution in [0.2, 0.25) is 15.1 Å². The third-order valence-corrected chi connectivity index (χ3v) is 4.36. The van der Waals surface area contributed by atoms with Crippen molar-refractivity contribution in [2.75, 3.05) is 5.73 Å². The highest BCUT2D eigenvalue weighted by molar-refractivity contribution is 6.36. The second-order valence-electron chi connectivity index (χ2n) is 5.29. The number of nitriles is 1. The zero-order valence-electron chi connectivity index (χ0n) is 12.8. The van der Waals surface area contributed by atoms with Crippen molar-refractivity contribution in [2.24, 2.45) is 0 Å². The lowest BCUT2D eigenvalue weighted by atomic mass is 10.1. The summed E-state index contributed by atoms with van der Waals surface area (Å²) in [6.07, 6.45) is 0.450. The van der Waals surface area contributed by atoms with Crippen LogP contribution < -0.4 is 5.73 Å². The van der Waals surface area contributed by atoms with Crippen LogP contribution in [0.5, 0.6) is 0 Å². The molecule has 0 spiro atoms. The predicted molar refractivity (Wildman–Crippen MR) is 101 cm³/mol. The average molecular weight is 390 g/mol. The number of nitrogen functional groups attached to an aromatic ring is 1. The normalized spacial score (nSPS) is 10.5. The van der Waals surface area contributed by atoms with Gasteiger partial charge in [0.2, 0.25) is 0 Å². The Balaban J connectivity index is 2.09. The molecule has 0 saturated heterocycles. The van der Waals surface area contributed by atoms with Crippen LogP contribution in [-0.4, -0.2) is 9.97 Å². The summed E-state index contributed by atoms with van der Waals surface area (Å²) >= 11 is 18.1. The van der Waals surface area contributed by atoms with Gasteiger partial charge in [-0.1, -0.05) is 46.9 Å². The molecule has 4 nitrogen and oxygen atoms in total. The van der Waals surface area contributed by atoms with Crippen LogP contribution in [0.1, 0.15) is 17.0 Å². The molecule has 0 unspecified atom stereocenters. The lowest BCUT2D eigenvalue weighted by Crippen LogP contribution is -2.06. The van der Waals surface area contributed by atoms with Crippen LogP contribution in [0.3, 0.4) is 0 Å². The van der Waals surface area contributed by atoms with E-state index in [0.29, 0.717) is 38.6 Å². The number of halogens is 3. The van der Waals surface area contributed by atoms with E-state index in [1.165, 1.54) is 0 Å². The highest BCUT2D eigenvalue weighted by atomic mass is 35.5. The van der Waals surface area contributed by atoms with Gasteiger partial charge in [0.05, 0.1) is 10.7 Å². The van der Waals surface area contributed by atoms with Crippen molar-refractivity contribution >= 4 is 40.6 Å². The minimum Gasteiger partial charge on any atom is -0.382 e. The van der Waals surface area contributed by atoms with Crippen molar-refractivity contribution in [3.8, 4) is 17.3 Å². The maximum atomic E-state index is 9.42. The van der Waals surface area contributed by atoms with Crippen molar-refractivity contribution in [3.05, 3.63) is 74.5 Å². The Morgan fingerprint density at radius 1 is 0.960 bits per heavy atom. The smallest absolute Gasteiger partial charge is 0.145 e. The number of benzene rings is 2. The first kappa shape index (κ1) is 17.5. The second-order valence-corrected chi connectivity index (χ2v) is 6.57. The average Bonchev–Trinajstić information content (AvgIpc) is 2.56. The molecule has 0 amide bonds. The summed E-state index contributed by atoms with van der Waals surface area (Å²) in [5.41, 5.74) is 8.09. The number of hydrogen-bond acceptors (Lipinski definition) is 4. The number of nitrogens with two attached hydrogens (primary N) is 1. The highest BCUT2D eigenvalue weighted by Crippen LogP contribution is 2.32. The van der Waals surface area contributed by atoms with Gasteiger partial charge < -0.3 is 5.73 Å². The standard InChI is InChI=1S/C18H11Cl3N4/c19-11-3-1-10(2-4-11)7-16-24-17(14(9-22)18(23)25-16)13-6-5-12(20)8-15(13)21/h1-6,8H,7H2,(H2,23,24,25). The van der Waals surface area contributed by atoms with Crippen LogP contribution in [0.15, 0.2) is 42.5 Å². The van der Waals surface area contributed by atoms with Crippen molar-refractivity contribution in [2.45, 2.75) is 6.42 Å². The molecule has 25 heavy (non-hydrogen) atoms. The van der Waals surface area contributed by atoms with Crippen LogP contribution in [0, 0.1) is 11.3 Å². The summed E-state index contributed by atoms with van der Waals surface area (Å²) < 4.78 is 0. The monoisotopic (exact) mass is 388 g/mol. The van der Waals surface area contributed by atoms with Crippen molar-refractivity contribution in [1.82, 2.24) is 9.97 Å². The Labute approximate surface area is 159 Å². The van der Waals surface area contributed by atoms with Gasteiger partial charge in [-0.2, -0.15) is 5.26 Å². The van der Waals surface area contributed by atoms with Gasteiger partial charge in [0, 0.05) is 22.0 Å². The van der Waals surface area contributed by atoms with E-state index < -0.39 is 0 Å². The van der Waals surface area contributed by atoms with E-state index in [-0.39, 0.29) is 11.4 Å². The van der Waals surface area contributed by atoms with Gasteiger partial charge in [-0.15, -0.1) is 0 Å². The maximum absolute atomic E-state index is 9.42. The molecule has 0 atom stereocenters. The van der Waals surface area contributed by atoms with E-state index in [4.69, 9.17) is 40.5 Å². The SMILES string of the molecule is N#Cc1c(N)nc(Cc2ccc(Cl)cc2)nc1-c1ccc(Cl)cc1Cl. The summed E-state index contributed by atoms with van der Waals surface area (Å²) in [5, 5.41) is 11.0. The Hall–Kier alpha value is -2.32. The van der Waals surface area contributed by atoms with Crippen molar-refractivity contribution in [1.29, 1.82) is 5.26 Å². The molecular weight excluding hydrogens is 379 g/mol. The summed E-state index contributed by atoms with van der Waals surface area (Å²) in [6, 6.07) is 14.4. The van der Waals surface area contributed by atoms with Gasteiger partial charge in [0.25, 0.3) is 0 Å². The molecule has 3 aromatic rings. The topological polar surface area (TPSA) is 75.6 Å². The largest absolute Gasteiger partial charge is 0.382 e.